The summed E-state index contributed by atoms with van der Waals surface area (Å²) in [5, 5.41) is 10.1. The Morgan fingerprint density at radius 3 is 2.43 bits per heavy atom. The summed E-state index contributed by atoms with van der Waals surface area (Å²) < 4.78 is 0. The van der Waals surface area contributed by atoms with Crippen LogP contribution >= 0.6 is 0 Å². The molecule has 0 aliphatic heterocycles. The highest BCUT2D eigenvalue weighted by atomic mass is 16.3. The summed E-state index contributed by atoms with van der Waals surface area (Å²) >= 11 is 0. The van der Waals surface area contributed by atoms with Gasteiger partial charge in [0.25, 0.3) is 0 Å². The number of nitrogens with two attached hydrogens (primary N) is 1. The number of rotatable bonds is 5. The predicted octanol–water partition coefficient (Wildman–Crippen LogP) is 4.73. The summed E-state index contributed by atoms with van der Waals surface area (Å²) in [6, 6.07) is 9.65. The Morgan fingerprint density at radius 1 is 1.19 bits per heavy atom. The molecule has 0 heterocycles. The topological polar surface area (TPSA) is 46.2 Å². The normalized spacial score (nSPS) is 18.0. The van der Waals surface area contributed by atoms with Crippen molar-refractivity contribution in [3.05, 3.63) is 77.1 Å². The van der Waals surface area contributed by atoms with Gasteiger partial charge in [0.05, 0.1) is 0 Å². The van der Waals surface area contributed by atoms with E-state index in [1.807, 2.05) is 43.3 Å². The third-order valence-electron chi connectivity index (χ3n) is 3.71. The summed E-state index contributed by atoms with van der Waals surface area (Å²) in [6.45, 7) is 3.95. The number of hydrogen-bond acceptors (Lipinski definition) is 2. The molecular weight excluding hydrogens is 258 g/mol. The van der Waals surface area contributed by atoms with Crippen molar-refractivity contribution in [3.8, 4) is 0 Å². The lowest BCUT2D eigenvalue weighted by Crippen LogP contribution is -1.97. The highest BCUT2D eigenvalue weighted by molar-refractivity contribution is 5.65. The van der Waals surface area contributed by atoms with Crippen molar-refractivity contribution in [1.82, 2.24) is 0 Å². The van der Waals surface area contributed by atoms with E-state index in [-0.39, 0.29) is 5.76 Å². The molecule has 3 N–H and O–H groups in total. The lowest BCUT2D eigenvalue weighted by Gasteiger charge is -2.03. The van der Waals surface area contributed by atoms with Gasteiger partial charge in [0.2, 0.25) is 0 Å². The Labute approximate surface area is 127 Å². The van der Waals surface area contributed by atoms with Gasteiger partial charge in [0, 0.05) is 11.8 Å². The molecule has 0 unspecified atom stereocenters. The van der Waals surface area contributed by atoms with E-state index >= 15 is 0 Å². The molecule has 110 valence electrons. The molecule has 1 aromatic carbocycles. The standard InChI is InChI=1S/C19H23NO/c1-3-15(16-11-12-16)10-9-14(2)19(21)13-18(20)17-7-5-4-6-8-17/h3-10,13,16,21H,11-12,20H2,1-2H3/b10-9-,15-3+,18-13-,19-14-. The maximum atomic E-state index is 10.1. The van der Waals surface area contributed by atoms with Crippen LogP contribution in [0.2, 0.25) is 0 Å². The third-order valence-corrected chi connectivity index (χ3v) is 3.71. The van der Waals surface area contributed by atoms with E-state index in [0.717, 1.165) is 11.1 Å². The molecule has 0 atom stereocenters. The molecule has 21 heavy (non-hydrogen) atoms. The first kappa shape index (κ1) is 15.2. The van der Waals surface area contributed by atoms with Gasteiger partial charge >= 0.3 is 0 Å². The minimum Gasteiger partial charge on any atom is -0.508 e. The zero-order chi connectivity index (χ0) is 15.2. The first-order valence-corrected chi connectivity index (χ1v) is 7.38. The van der Waals surface area contributed by atoms with Crippen molar-refractivity contribution in [1.29, 1.82) is 0 Å². The van der Waals surface area contributed by atoms with Gasteiger partial charge in [-0.15, -0.1) is 0 Å². The fraction of sp³-hybridized carbons (Fsp3) is 0.263. The van der Waals surface area contributed by atoms with Crippen LogP contribution in [0.5, 0.6) is 0 Å². The van der Waals surface area contributed by atoms with Gasteiger partial charge in [-0.25, -0.2) is 0 Å². The maximum absolute atomic E-state index is 10.1. The van der Waals surface area contributed by atoms with Crippen molar-refractivity contribution < 1.29 is 5.11 Å². The van der Waals surface area contributed by atoms with Crippen LogP contribution in [-0.4, -0.2) is 5.11 Å². The SMILES string of the molecule is C\C=C(/C=C\C(C)=C(O)\C=C(/N)c1ccccc1)C1CC1. The Bertz CT molecular complexity index is 602. The van der Waals surface area contributed by atoms with Crippen LogP contribution < -0.4 is 5.73 Å². The summed E-state index contributed by atoms with van der Waals surface area (Å²) in [6.07, 6.45) is 10.4. The van der Waals surface area contributed by atoms with Crippen molar-refractivity contribution in [2.24, 2.45) is 11.7 Å². The number of benzene rings is 1. The number of aliphatic hydroxyl groups is 1. The van der Waals surface area contributed by atoms with Crippen molar-refractivity contribution in [2.45, 2.75) is 26.7 Å². The largest absolute Gasteiger partial charge is 0.508 e. The van der Waals surface area contributed by atoms with Crippen molar-refractivity contribution in [3.63, 3.8) is 0 Å². The van der Waals surface area contributed by atoms with Crippen LogP contribution in [0.3, 0.4) is 0 Å². The van der Waals surface area contributed by atoms with Gasteiger partial charge in [-0.2, -0.15) is 0 Å². The van der Waals surface area contributed by atoms with Crippen LogP contribution in [0.25, 0.3) is 5.70 Å². The summed E-state index contributed by atoms with van der Waals surface area (Å²) in [5.74, 6) is 0.921. The molecule has 0 saturated heterocycles. The van der Waals surface area contributed by atoms with E-state index < -0.39 is 0 Å². The molecule has 1 aromatic rings. The summed E-state index contributed by atoms with van der Waals surface area (Å²) in [4.78, 5) is 0. The fourth-order valence-corrected chi connectivity index (χ4v) is 2.17. The Hall–Kier alpha value is -2.22. The molecule has 0 aromatic heterocycles. The lowest BCUT2D eigenvalue weighted by atomic mass is 10.1. The number of aliphatic hydroxyl groups excluding tert-OH is 1. The minimum absolute atomic E-state index is 0.207. The van der Waals surface area contributed by atoms with Gasteiger partial charge in [0.1, 0.15) is 5.76 Å². The van der Waals surface area contributed by atoms with E-state index in [1.165, 1.54) is 18.4 Å². The van der Waals surface area contributed by atoms with Gasteiger partial charge in [-0.1, -0.05) is 48.6 Å². The van der Waals surface area contributed by atoms with Crippen LogP contribution in [0.4, 0.5) is 0 Å². The highest BCUT2D eigenvalue weighted by Crippen LogP contribution is 2.37. The minimum atomic E-state index is 0.207. The molecule has 1 aliphatic carbocycles. The molecular formula is C19H23NO. The Kier molecular flexibility index (Phi) is 5.04. The highest BCUT2D eigenvalue weighted by Gasteiger charge is 2.23. The lowest BCUT2D eigenvalue weighted by molar-refractivity contribution is 0.428. The van der Waals surface area contributed by atoms with Crippen molar-refractivity contribution >= 4 is 5.70 Å². The molecule has 0 amide bonds. The van der Waals surface area contributed by atoms with Crippen LogP contribution in [-0.2, 0) is 0 Å². The molecule has 0 radical (unpaired) electrons. The van der Waals surface area contributed by atoms with Crippen LogP contribution in [0.1, 0.15) is 32.3 Å². The van der Waals surface area contributed by atoms with E-state index in [0.29, 0.717) is 11.6 Å². The van der Waals surface area contributed by atoms with Gasteiger partial charge in [-0.3, -0.25) is 0 Å². The Morgan fingerprint density at radius 2 is 1.86 bits per heavy atom. The Balaban J connectivity index is 2.13. The van der Waals surface area contributed by atoms with E-state index in [4.69, 9.17) is 5.73 Å². The third kappa shape index (κ3) is 4.38. The second-order valence-electron chi connectivity index (χ2n) is 5.43. The average molecular weight is 281 g/mol. The molecule has 1 fully saturated rings. The zero-order valence-corrected chi connectivity index (χ0v) is 12.7. The van der Waals surface area contributed by atoms with Gasteiger partial charge in [0.15, 0.2) is 0 Å². The second kappa shape index (κ2) is 6.98. The van der Waals surface area contributed by atoms with Crippen LogP contribution in [0, 0.1) is 5.92 Å². The molecule has 2 heteroatoms. The molecule has 0 bridgehead atoms. The zero-order valence-electron chi connectivity index (χ0n) is 12.7. The predicted molar refractivity (Wildman–Crippen MR) is 89.6 cm³/mol. The molecule has 0 spiro atoms. The second-order valence-corrected chi connectivity index (χ2v) is 5.43. The van der Waals surface area contributed by atoms with Crippen LogP contribution in [0.15, 0.2) is 71.5 Å². The number of hydrogen-bond donors (Lipinski definition) is 2. The quantitative estimate of drug-likeness (QED) is 0.605. The smallest absolute Gasteiger partial charge is 0.120 e. The van der Waals surface area contributed by atoms with E-state index in [1.54, 1.807) is 6.08 Å². The van der Waals surface area contributed by atoms with E-state index in [2.05, 4.69) is 19.1 Å². The monoisotopic (exact) mass is 281 g/mol. The molecule has 1 saturated carbocycles. The fourth-order valence-electron chi connectivity index (χ4n) is 2.17. The number of allylic oxidation sites excluding steroid dienone is 6. The van der Waals surface area contributed by atoms with Gasteiger partial charge < -0.3 is 10.8 Å². The first-order chi connectivity index (χ1) is 10.1. The maximum Gasteiger partial charge on any atom is 0.120 e. The summed E-state index contributed by atoms with van der Waals surface area (Å²) in [7, 11) is 0. The summed E-state index contributed by atoms with van der Waals surface area (Å²) in [5.41, 5.74) is 9.64. The molecule has 1 aliphatic rings. The first-order valence-electron chi connectivity index (χ1n) is 7.38. The van der Waals surface area contributed by atoms with E-state index in [9.17, 15) is 5.11 Å². The molecule has 2 rings (SSSR count). The molecule has 2 nitrogen and oxygen atoms in total. The average Bonchev–Trinajstić information content (AvgIpc) is 3.33. The van der Waals surface area contributed by atoms with Crippen molar-refractivity contribution in [2.75, 3.05) is 0 Å². The van der Waals surface area contributed by atoms with Gasteiger partial charge in [-0.05, 0) is 49.3 Å².